The Morgan fingerprint density at radius 1 is 1.06 bits per heavy atom. The summed E-state index contributed by atoms with van der Waals surface area (Å²) in [6.07, 6.45) is 1.95. The maximum Gasteiger partial charge on any atom is 0.233 e. The lowest BCUT2D eigenvalue weighted by Crippen LogP contribution is -2.29. The number of carbonyl (C=O) groups excluding carboxylic acids is 1. The Bertz CT molecular complexity index is 167. The van der Waals surface area contributed by atoms with Crippen molar-refractivity contribution in [3.8, 4) is 0 Å². The van der Waals surface area contributed by atoms with Crippen LogP contribution in [0.15, 0.2) is 0 Å². The summed E-state index contributed by atoms with van der Waals surface area (Å²) >= 11 is 0. The van der Waals surface area contributed by atoms with Crippen LogP contribution in [0.2, 0.25) is 0 Å². The highest BCUT2D eigenvalue weighted by Gasteiger charge is 1.97. The van der Waals surface area contributed by atoms with Crippen LogP contribution < -0.4 is 11.3 Å². The van der Waals surface area contributed by atoms with Crippen molar-refractivity contribution in [1.29, 1.82) is 0 Å². The van der Waals surface area contributed by atoms with Gasteiger partial charge in [0, 0.05) is 33.4 Å². The molecule has 0 spiro atoms. The molecule has 0 saturated heterocycles. The van der Waals surface area contributed by atoms with Gasteiger partial charge in [-0.05, 0) is 12.8 Å². The number of hydrazine groups is 1. The third-order valence-corrected chi connectivity index (χ3v) is 1.86. The molecule has 0 aromatic heterocycles. The first-order chi connectivity index (χ1) is 7.81. The van der Waals surface area contributed by atoms with Crippen molar-refractivity contribution >= 4 is 5.91 Å². The molecule has 16 heavy (non-hydrogen) atoms. The van der Waals surface area contributed by atoms with Crippen molar-refractivity contribution < 1.29 is 19.0 Å². The van der Waals surface area contributed by atoms with Crippen LogP contribution in [0.1, 0.15) is 19.3 Å². The summed E-state index contributed by atoms with van der Waals surface area (Å²) in [5.41, 5.74) is 2.07. The highest BCUT2D eigenvalue weighted by atomic mass is 16.5. The fraction of sp³-hybridized carbons (Fsp3) is 0.900. The second-order valence-corrected chi connectivity index (χ2v) is 3.24. The minimum Gasteiger partial charge on any atom is -0.382 e. The molecule has 0 rings (SSSR count). The highest BCUT2D eigenvalue weighted by molar-refractivity contribution is 5.75. The highest BCUT2D eigenvalue weighted by Crippen LogP contribution is 1.91. The molecule has 0 aromatic rings. The molecule has 0 aliphatic carbocycles. The number of amides is 1. The molecule has 0 aliphatic rings. The van der Waals surface area contributed by atoms with Crippen molar-refractivity contribution in [2.75, 3.05) is 40.1 Å². The minimum atomic E-state index is -0.161. The minimum absolute atomic E-state index is 0.161. The summed E-state index contributed by atoms with van der Waals surface area (Å²) in [4.78, 5) is 10.7. The number of nitrogens with two attached hydrogens (primary N) is 1. The van der Waals surface area contributed by atoms with Crippen LogP contribution in [0.3, 0.4) is 0 Å². The molecule has 0 unspecified atom stereocenters. The maximum absolute atomic E-state index is 10.7. The normalized spacial score (nSPS) is 10.4. The topological polar surface area (TPSA) is 82.8 Å². The third-order valence-electron chi connectivity index (χ3n) is 1.86. The van der Waals surface area contributed by atoms with E-state index in [0.717, 1.165) is 6.42 Å². The first-order valence-electron chi connectivity index (χ1n) is 5.45. The van der Waals surface area contributed by atoms with E-state index in [1.165, 1.54) is 0 Å². The number of methoxy groups -OCH3 is 1. The summed E-state index contributed by atoms with van der Waals surface area (Å²) in [6, 6.07) is 0. The van der Waals surface area contributed by atoms with Gasteiger partial charge in [0.2, 0.25) is 5.91 Å². The van der Waals surface area contributed by atoms with E-state index in [4.69, 9.17) is 20.1 Å². The van der Waals surface area contributed by atoms with Gasteiger partial charge in [-0.1, -0.05) is 0 Å². The predicted octanol–water partition coefficient (Wildman–Crippen LogP) is -0.174. The molecule has 6 nitrogen and oxygen atoms in total. The lowest BCUT2D eigenvalue weighted by molar-refractivity contribution is -0.121. The fourth-order valence-electron chi connectivity index (χ4n) is 1.02. The summed E-state index contributed by atoms with van der Waals surface area (Å²) in [5.74, 6) is 4.76. The lowest BCUT2D eigenvalue weighted by Gasteiger charge is -2.05. The SMILES string of the molecule is COCCOCCCOCCCC(=O)NN. The number of carbonyl (C=O) groups is 1. The summed E-state index contributed by atoms with van der Waals surface area (Å²) < 4.78 is 15.4. The van der Waals surface area contributed by atoms with E-state index in [1.807, 2.05) is 0 Å². The summed E-state index contributed by atoms with van der Waals surface area (Å²) in [6.45, 7) is 3.14. The number of hydrogen-bond donors (Lipinski definition) is 2. The molecule has 0 aromatic carbocycles. The van der Waals surface area contributed by atoms with E-state index < -0.39 is 0 Å². The lowest BCUT2D eigenvalue weighted by atomic mass is 10.3. The van der Waals surface area contributed by atoms with Crippen LogP contribution in [0, 0.1) is 0 Å². The Morgan fingerprint density at radius 3 is 2.31 bits per heavy atom. The van der Waals surface area contributed by atoms with E-state index >= 15 is 0 Å². The number of nitrogens with one attached hydrogen (secondary N) is 1. The van der Waals surface area contributed by atoms with Crippen molar-refractivity contribution in [2.24, 2.45) is 5.84 Å². The van der Waals surface area contributed by atoms with Gasteiger partial charge in [0.1, 0.15) is 0 Å². The van der Waals surface area contributed by atoms with Crippen LogP contribution in [0.4, 0.5) is 0 Å². The average molecular weight is 234 g/mol. The maximum atomic E-state index is 10.7. The molecule has 0 saturated carbocycles. The smallest absolute Gasteiger partial charge is 0.233 e. The second-order valence-electron chi connectivity index (χ2n) is 3.24. The number of hydrogen-bond acceptors (Lipinski definition) is 5. The van der Waals surface area contributed by atoms with Gasteiger partial charge < -0.3 is 14.2 Å². The van der Waals surface area contributed by atoms with Crippen LogP contribution >= 0.6 is 0 Å². The third kappa shape index (κ3) is 11.4. The van der Waals surface area contributed by atoms with Crippen molar-refractivity contribution in [3.05, 3.63) is 0 Å². The molecule has 0 fully saturated rings. The van der Waals surface area contributed by atoms with Crippen LogP contribution in [0.5, 0.6) is 0 Å². The Morgan fingerprint density at radius 2 is 1.69 bits per heavy atom. The standard InChI is InChI=1S/C10H22N2O4/c1-14-8-9-16-7-3-6-15-5-2-4-10(13)12-11/h2-9,11H2,1H3,(H,12,13). The van der Waals surface area contributed by atoms with Gasteiger partial charge in [-0.15, -0.1) is 0 Å². The quantitative estimate of drug-likeness (QED) is 0.224. The van der Waals surface area contributed by atoms with Crippen molar-refractivity contribution in [1.82, 2.24) is 5.43 Å². The van der Waals surface area contributed by atoms with Crippen LogP contribution in [0.25, 0.3) is 0 Å². The molecular formula is C10H22N2O4. The van der Waals surface area contributed by atoms with Gasteiger partial charge in [0.15, 0.2) is 0 Å². The largest absolute Gasteiger partial charge is 0.382 e. The molecule has 6 heteroatoms. The Labute approximate surface area is 96.4 Å². The molecule has 0 bridgehead atoms. The average Bonchev–Trinajstić information content (AvgIpc) is 2.31. The zero-order valence-electron chi connectivity index (χ0n) is 9.87. The van der Waals surface area contributed by atoms with Gasteiger partial charge in [-0.25, -0.2) is 5.84 Å². The monoisotopic (exact) mass is 234 g/mol. The van der Waals surface area contributed by atoms with Gasteiger partial charge in [-0.2, -0.15) is 0 Å². The van der Waals surface area contributed by atoms with Crippen LogP contribution in [-0.2, 0) is 19.0 Å². The van der Waals surface area contributed by atoms with Gasteiger partial charge in [0.25, 0.3) is 0 Å². The molecule has 96 valence electrons. The van der Waals surface area contributed by atoms with Gasteiger partial charge in [-0.3, -0.25) is 10.2 Å². The molecule has 0 heterocycles. The van der Waals surface area contributed by atoms with Crippen molar-refractivity contribution in [2.45, 2.75) is 19.3 Å². The summed E-state index contributed by atoms with van der Waals surface area (Å²) in [5, 5.41) is 0. The number of ether oxygens (including phenoxy) is 3. The van der Waals surface area contributed by atoms with E-state index in [2.05, 4.69) is 5.43 Å². The van der Waals surface area contributed by atoms with E-state index in [1.54, 1.807) is 7.11 Å². The predicted molar refractivity (Wildman–Crippen MR) is 59.7 cm³/mol. The van der Waals surface area contributed by atoms with Gasteiger partial charge in [0.05, 0.1) is 13.2 Å². The molecule has 0 aliphatic heterocycles. The van der Waals surface area contributed by atoms with E-state index in [9.17, 15) is 4.79 Å². The molecular weight excluding hydrogens is 212 g/mol. The zero-order valence-corrected chi connectivity index (χ0v) is 9.87. The van der Waals surface area contributed by atoms with E-state index in [-0.39, 0.29) is 5.91 Å². The first kappa shape index (κ1) is 15.3. The second kappa shape index (κ2) is 12.4. The van der Waals surface area contributed by atoms with Gasteiger partial charge >= 0.3 is 0 Å². The molecule has 1 amide bonds. The van der Waals surface area contributed by atoms with Crippen LogP contribution in [-0.4, -0.2) is 46.1 Å². The first-order valence-corrected chi connectivity index (χ1v) is 5.45. The Kier molecular flexibility index (Phi) is 11.8. The Balaban J connectivity index is 2.96. The zero-order chi connectivity index (χ0) is 12.1. The fourth-order valence-corrected chi connectivity index (χ4v) is 1.02. The number of rotatable bonds is 11. The summed E-state index contributed by atoms with van der Waals surface area (Å²) in [7, 11) is 1.64. The molecule has 3 N–H and O–H groups in total. The molecule has 0 radical (unpaired) electrons. The Hall–Kier alpha value is -0.690. The van der Waals surface area contributed by atoms with E-state index in [0.29, 0.717) is 45.9 Å². The molecule has 0 atom stereocenters. The van der Waals surface area contributed by atoms with Crippen molar-refractivity contribution in [3.63, 3.8) is 0 Å².